The van der Waals surface area contributed by atoms with E-state index in [0.717, 1.165) is 57.8 Å². The van der Waals surface area contributed by atoms with Gasteiger partial charge in [0.25, 0.3) is 0 Å². The molecule has 0 bridgehead atoms. The van der Waals surface area contributed by atoms with E-state index in [9.17, 15) is 18.0 Å². The number of nitrogens with zero attached hydrogens (tertiary/aromatic N) is 6. The molecule has 4 rings (SSSR count). The molecule has 2 fully saturated rings. The van der Waals surface area contributed by atoms with Gasteiger partial charge in [0.05, 0.1) is 11.5 Å². The fraction of sp³-hybridized carbons (Fsp3) is 0.667. The number of carbonyl (C=O) groups excluding carboxylic acids is 1. The van der Waals surface area contributed by atoms with E-state index in [4.69, 9.17) is 0 Å². The Morgan fingerprint density at radius 3 is 2.61 bits per heavy atom. The molecule has 1 amide bonds. The van der Waals surface area contributed by atoms with Gasteiger partial charge >= 0.3 is 6.18 Å². The summed E-state index contributed by atoms with van der Waals surface area (Å²) in [5.41, 5.74) is -0.383. The highest BCUT2D eigenvalue weighted by Crippen LogP contribution is 2.31. The van der Waals surface area contributed by atoms with E-state index in [1.807, 2.05) is 9.80 Å². The number of pyridine rings is 1. The van der Waals surface area contributed by atoms with Gasteiger partial charge in [-0.05, 0) is 37.9 Å². The fourth-order valence-electron chi connectivity index (χ4n) is 4.45. The monoisotopic (exact) mass is 438 g/mol. The largest absolute Gasteiger partial charge is 0.417 e. The number of carbonyl (C=O) groups is 1. The first-order valence-corrected chi connectivity index (χ1v) is 11.0. The van der Waals surface area contributed by atoms with Gasteiger partial charge in [0, 0.05) is 45.5 Å². The molecule has 10 heteroatoms. The van der Waals surface area contributed by atoms with Crippen LogP contribution in [0.15, 0.2) is 18.3 Å². The summed E-state index contributed by atoms with van der Waals surface area (Å²) in [4.78, 5) is 19.4. The second-order valence-corrected chi connectivity index (χ2v) is 8.45. The third-order valence-electron chi connectivity index (χ3n) is 6.28. The summed E-state index contributed by atoms with van der Waals surface area (Å²) < 4.78 is 40.8. The summed E-state index contributed by atoms with van der Waals surface area (Å²) in [6, 6.07) is 2.33. The first-order chi connectivity index (χ1) is 14.9. The number of amides is 1. The SMILES string of the molecule is CCCCN1CCN(C(=O)[C@H]2CCCN(c3nnc4ccc(C(F)(F)F)cn34)C2)CC1. The molecule has 1 atom stereocenters. The average Bonchev–Trinajstić information content (AvgIpc) is 3.20. The Bertz CT molecular complexity index is 906. The quantitative estimate of drug-likeness (QED) is 0.719. The lowest BCUT2D eigenvalue weighted by atomic mass is 9.96. The van der Waals surface area contributed by atoms with Crippen LogP contribution in [0.2, 0.25) is 0 Å². The van der Waals surface area contributed by atoms with Crippen LogP contribution in [0.4, 0.5) is 19.1 Å². The van der Waals surface area contributed by atoms with Crippen LogP contribution in [0.25, 0.3) is 5.65 Å². The molecular formula is C21H29F3N6O. The summed E-state index contributed by atoms with van der Waals surface area (Å²) >= 11 is 0. The number of halogens is 3. The molecule has 0 aliphatic carbocycles. The molecular weight excluding hydrogens is 409 g/mol. The summed E-state index contributed by atoms with van der Waals surface area (Å²) in [7, 11) is 0. The van der Waals surface area contributed by atoms with Crippen molar-refractivity contribution in [3.8, 4) is 0 Å². The third kappa shape index (κ3) is 4.78. The van der Waals surface area contributed by atoms with Crippen LogP contribution < -0.4 is 4.90 Å². The van der Waals surface area contributed by atoms with Crippen molar-refractivity contribution in [1.29, 1.82) is 0 Å². The van der Waals surface area contributed by atoms with Crippen molar-refractivity contribution in [3.63, 3.8) is 0 Å². The Morgan fingerprint density at radius 2 is 1.90 bits per heavy atom. The highest BCUT2D eigenvalue weighted by atomic mass is 19.4. The minimum absolute atomic E-state index is 0.143. The van der Waals surface area contributed by atoms with Gasteiger partial charge in [-0.3, -0.25) is 14.1 Å². The standard InChI is InChI=1S/C21H29F3N6O/c1-2-3-8-27-10-12-28(13-11-27)19(31)16-5-4-9-29(14-16)20-26-25-18-7-6-17(15-30(18)20)21(22,23)24/h6-7,15-16H,2-5,8-14H2,1H3/t16-/m0/s1. The average molecular weight is 438 g/mol. The third-order valence-corrected chi connectivity index (χ3v) is 6.28. The van der Waals surface area contributed by atoms with E-state index < -0.39 is 11.7 Å². The van der Waals surface area contributed by atoms with E-state index in [1.54, 1.807) is 0 Å². The molecule has 4 heterocycles. The number of piperidine rings is 1. The van der Waals surface area contributed by atoms with Crippen LogP contribution in [0.5, 0.6) is 0 Å². The van der Waals surface area contributed by atoms with Crippen molar-refractivity contribution in [3.05, 3.63) is 23.9 Å². The number of fused-ring (bicyclic) bond motifs is 1. The number of rotatable bonds is 5. The maximum atomic E-state index is 13.1. The zero-order valence-corrected chi connectivity index (χ0v) is 17.8. The smallest absolute Gasteiger partial charge is 0.340 e. The number of alkyl halides is 3. The number of aromatic nitrogens is 3. The predicted molar refractivity (Wildman–Crippen MR) is 111 cm³/mol. The number of piperazine rings is 1. The lowest BCUT2D eigenvalue weighted by molar-refractivity contribution is -0.138. The van der Waals surface area contributed by atoms with Gasteiger partial charge in [-0.1, -0.05) is 13.3 Å². The first kappa shape index (κ1) is 21.9. The number of hydrogen-bond acceptors (Lipinski definition) is 5. The molecule has 31 heavy (non-hydrogen) atoms. The van der Waals surface area contributed by atoms with E-state index in [-0.39, 0.29) is 11.8 Å². The highest BCUT2D eigenvalue weighted by molar-refractivity contribution is 5.80. The van der Waals surface area contributed by atoms with Crippen molar-refractivity contribution < 1.29 is 18.0 Å². The zero-order valence-electron chi connectivity index (χ0n) is 17.8. The number of anilines is 1. The summed E-state index contributed by atoms with van der Waals surface area (Å²) in [6.07, 6.45) is 0.518. The molecule has 7 nitrogen and oxygen atoms in total. The maximum absolute atomic E-state index is 13.1. The lowest BCUT2D eigenvalue weighted by Gasteiger charge is -2.39. The minimum atomic E-state index is -4.44. The number of unbranched alkanes of at least 4 members (excludes halogenated alkanes) is 1. The molecule has 2 aliphatic heterocycles. The van der Waals surface area contributed by atoms with Gasteiger partial charge in [0.2, 0.25) is 11.9 Å². The van der Waals surface area contributed by atoms with Crippen molar-refractivity contribution in [2.75, 3.05) is 50.7 Å². The summed E-state index contributed by atoms with van der Waals surface area (Å²) in [5.74, 6) is 0.335. The van der Waals surface area contributed by atoms with Gasteiger partial charge in [-0.15, -0.1) is 10.2 Å². The second kappa shape index (κ2) is 9.02. The molecule has 0 unspecified atom stereocenters. The molecule has 2 aromatic rings. The number of hydrogen-bond donors (Lipinski definition) is 0. The molecule has 0 spiro atoms. The molecule has 0 radical (unpaired) electrons. The topological polar surface area (TPSA) is 57.0 Å². The van der Waals surface area contributed by atoms with Gasteiger partial charge in [0.15, 0.2) is 5.65 Å². The van der Waals surface area contributed by atoms with E-state index in [2.05, 4.69) is 22.0 Å². The Labute approximate surface area is 179 Å². The van der Waals surface area contributed by atoms with Gasteiger partial charge in [0.1, 0.15) is 0 Å². The molecule has 0 aromatic carbocycles. The van der Waals surface area contributed by atoms with E-state index in [0.29, 0.717) is 24.7 Å². The van der Waals surface area contributed by atoms with Crippen LogP contribution in [-0.2, 0) is 11.0 Å². The van der Waals surface area contributed by atoms with Crippen LogP contribution in [0.3, 0.4) is 0 Å². The highest BCUT2D eigenvalue weighted by Gasteiger charge is 2.34. The Balaban J connectivity index is 1.44. The molecule has 170 valence electrons. The van der Waals surface area contributed by atoms with Crippen molar-refractivity contribution in [2.45, 2.75) is 38.8 Å². The zero-order chi connectivity index (χ0) is 22.0. The molecule has 2 aromatic heterocycles. The molecule has 0 saturated carbocycles. The molecule has 0 N–H and O–H groups in total. The van der Waals surface area contributed by atoms with Crippen LogP contribution in [-0.4, -0.2) is 76.1 Å². The van der Waals surface area contributed by atoms with Crippen LogP contribution in [0, 0.1) is 5.92 Å². The first-order valence-electron chi connectivity index (χ1n) is 11.0. The lowest BCUT2D eigenvalue weighted by Crippen LogP contribution is -2.52. The van der Waals surface area contributed by atoms with E-state index in [1.165, 1.54) is 23.3 Å². The Morgan fingerprint density at radius 1 is 1.13 bits per heavy atom. The normalized spacial score (nSPS) is 21.1. The van der Waals surface area contributed by atoms with Gasteiger partial charge in [-0.25, -0.2) is 0 Å². The van der Waals surface area contributed by atoms with Crippen LogP contribution in [0.1, 0.15) is 38.2 Å². The Hall–Kier alpha value is -2.36. The van der Waals surface area contributed by atoms with Crippen molar-refractivity contribution >= 4 is 17.5 Å². The fourth-order valence-corrected chi connectivity index (χ4v) is 4.45. The molecule has 2 saturated heterocycles. The van der Waals surface area contributed by atoms with Crippen molar-refractivity contribution in [1.82, 2.24) is 24.4 Å². The van der Waals surface area contributed by atoms with Crippen molar-refractivity contribution in [2.24, 2.45) is 5.92 Å². The minimum Gasteiger partial charge on any atom is -0.340 e. The summed E-state index contributed by atoms with van der Waals surface area (Å²) in [5, 5.41) is 8.14. The van der Waals surface area contributed by atoms with Gasteiger partial charge < -0.3 is 9.80 Å². The molecule has 2 aliphatic rings. The van der Waals surface area contributed by atoms with Crippen LogP contribution >= 0.6 is 0 Å². The van der Waals surface area contributed by atoms with Gasteiger partial charge in [-0.2, -0.15) is 13.2 Å². The maximum Gasteiger partial charge on any atom is 0.417 e. The second-order valence-electron chi connectivity index (χ2n) is 8.45. The van der Waals surface area contributed by atoms with E-state index >= 15 is 0 Å². The predicted octanol–water partition coefficient (Wildman–Crippen LogP) is 2.91. The Kier molecular flexibility index (Phi) is 6.36. The summed E-state index contributed by atoms with van der Waals surface area (Å²) in [6.45, 7) is 7.63.